The van der Waals surface area contributed by atoms with Gasteiger partial charge in [-0.3, -0.25) is 19.9 Å². The first-order valence-electron chi connectivity index (χ1n) is 13.9. The van der Waals surface area contributed by atoms with Crippen molar-refractivity contribution >= 4 is 44.7 Å². The van der Waals surface area contributed by atoms with E-state index >= 15 is 0 Å². The van der Waals surface area contributed by atoms with E-state index in [1.165, 1.54) is 30.6 Å². The first-order chi connectivity index (χ1) is 20.0. The van der Waals surface area contributed by atoms with Crippen LogP contribution in [0.1, 0.15) is 48.7 Å². The topological polar surface area (TPSA) is 132 Å². The van der Waals surface area contributed by atoms with Crippen LogP contribution in [0.3, 0.4) is 0 Å². The third-order valence-electron chi connectivity index (χ3n) is 7.85. The maximum atomic E-state index is 11.9. The Kier molecular flexibility index (Phi) is 6.56. The van der Waals surface area contributed by atoms with Gasteiger partial charge < -0.3 is 15.4 Å². The zero-order chi connectivity index (χ0) is 27.9. The quantitative estimate of drug-likeness (QED) is 0.124. The molecule has 0 aliphatic heterocycles. The van der Waals surface area contributed by atoms with Gasteiger partial charge in [0.15, 0.2) is 11.6 Å². The van der Waals surface area contributed by atoms with Crippen LogP contribution >= 0.6 is 11.3 Å². The zero-order valence-electron chi connectivity index (χ0n) is 22.5. The number of nitrogens with zero attached hydrogens (tertiary/aromatic N) is 4. The molecular weight excluding hydrogens is 534 g/mol. The van der Waals surface area contributed by atoms with Crippen molar-refractivity contribution in [1.82, 2.24) is 30.1 Å². The molecule has 1 aliphatic carbocycles. The second-order valence-electron chi connectivity index (χ2n) is 10.6. The number of carbonyl (C=O) groups is 1. The number of para-hydroxylation sites is 1. The van der Waals surface area contributed by atoms with Gasteiger partial charge in [0.25, 0.3) is 0 Å². The number of carbonyl (C=O) groups excluding carboxylic acids is 1. The summed E-state index contributed by atoms with van der Waals surface area (Å²) in [5.41, 5.74) is 6.52. The number of H-pyrrole nitrogens is 2. The number of Topliss-reactive ketones (excluding diaryl/α,β-unsaturated/α-hetero) is 1. The van der Waals surface area contributed by atoms with E-state index in [2.05, 4.69) is 30.5 Å². The number of imidazole rings is 1. The number of hydrogen-bond acceptors (Lipinski definition) is 8. The van der Waals surface area contributed by atoms with Gasteiger partial charge in [0.1, 0.15) is 11.9 Å². The molecule has 1 aromatic carbocycles. The SMILES string of the molecule is CC(=O)c1ccc(-c2cccc3[nH]c(-c4n[nH]c5cnc(-c6cncc(NC(O)C7CCCCC7)c6)cc45)nc23)s1. The van der Waals surface area contributed by atoms with Gasteiger partial charge in [-0.15, -0.1) is 11.3 Å². The molecule has 0 spiro atoms. The second-order valence-corrected chi connectivity index (χ2v) is 11.7. The highest BCUT2D eigenvalue weighted by atomic mass is 32.1. The van der Waals surface area contributed by atoms with E-state index < -0.39 is 6.23 Å². The highest BCUT2D eigenvalue weighted by Gasteiger charge is 2.22. The molecule has 41 heavy (non-hydrogen) atoms. The Hall–Kier alpha value is -4.41. The number of fused-ring (bicyclic) bond motifs is 2. The van der Waals surface area contributed by atoms with Gasteiger partial charge in [-0.1, -0.05) is 31.4 Å². The van der Waals surface area contributed by atoms with Crippen LogP contribution in [-0.2, 0) is 0 Å². The van der Waals surface area contributed by atoms with E-state index in [1.54, 1.807) is 25.5 Å². The lowest BCUT2D eigenvalue weighted by Gasteiger charge is -2.27. The van der Waals surface area contributed by atoms with E-state index in [4.69, 9.17) is 4.98 Å². The number of aliphatic hydroxyl groups excluding tert-OH is 1. The highest BCUT2D eigenvalue weighted by Crippen LogP contribution is 2.36. The lowest BCUT2D eigenvalue weighted by Crippen LogP contribution is -2.30. The molecule has 0 bridgehead atoms. The van der Waals surface area contributed by atoms with Gasteiger partial charge in [0.05, 0.1) is 45.2 Å². The van der Waals surface area contributed by atoms with Crippen LogP contribution in [0.4, 0.5) is 5.69 Å². The minimum atomic E-state index is -0.593. The molecule has 1 aliphatic rings. The number of aliphatic hydroxyl groups is 1. The Morgan fingerprint density at radius 2 is 1.95 bits per heavy atom. The van der Waals surface area contributed by atoms with E-state index in [0.29, 0.717) is 11.5 Å². The number of rotatable bonds is 7. The van der Waals surface area contributed by atoms with Crippen LogP contribution in [0.15, 0.2) is 61.1 Å². The zero-order valence-corrected chi connectivity index (χ0v) is 23.3. The first kappa shape index (κ1) is 25.6. The van der Waals surface area contributed by atoms with Crippen LogP contribution in [0.2, 0.25) is 0 Å². The molecule has 10 heteroatoms. The number of anilines is 1. The van der Waals surface area contributed by atoms with Crippen molar-refractivity contribution in [2.75, 3.05) is 5.32 Å². The molecule has 1 unspecified atom stereocenters. The molecule has 1 fully saturated rings. The molecular formula is C31H29N7O2S. The van der Waals surface area contributed by atoms with E-state index in [0.717, 1.165) is 67.0 Å². The molecule has 4 N–H and O–H groups in total. The predicted molar refractivity (Wildman–Crippen MR) is 162 cm³/mol. The maximum Gasteiger partial charge on any atom is 0.169 e. The smallest absolute Gasteiger partial charge is 0.169 e. The molecule has 1 atom stereocenters. The monoisotopic (exact) mass is 563 g/mol. The van der Waals surface area contributed by atoms with Crippen LogP contribution in [0.5, 0.6) is 0 Å². The number of benzene rings is 1. The molecule has 1 saturated carbocycles. The number of hydrogen-bond donors (Lipinski definition) is 4. The normalized spacial score (nSPS) is 15.0. The number of nitrogens with one attached hydrogen (secondary N) is 3. The lowest BCUT2D eigenvalue weighted by molar-refractivity contribution is 0.102. The van der Waals surface area contributed by atoms with E-state index in [-0.39, 0.29) is 11.7 Å². The minimum Gasteiger partial charge on any atom is -0.374 e. The Morgan fingerprint density at radius 1 is 1.07 bits per heavy atom. The molecule has 5 aromatic heterocycles. The van der Waals surface area contributed by atoms with Crippen LogP contribution in [-0.4, -0.2) is 47.3 Å². The highest BCUT2D eigenvalue weighted by molar-refractivity contribution is 7.17. The summed E-state index contributed by atoms with van der Waals surface area (Å²) in [5, 5.41) is 22.5. The van der Waals surface area contributed by atoms with Crippen molar-refractivity contribution in [3.8, 4) is 33.2 Å². The summed E-state index contributed by atoms with van der Waals surface area (Å²) in [4.78, 5) is 31.0. The molecule has 206 valence electrons. The predicted octanol–water partition coefficient (Wildman–Crippen LogP) is 6.80. The number of thiophene rings is 1. The van der Waals surface area contributed by atoms with Crippen molar-refractivity contribution in [1.29, 1.82) is 0 Å². The van der Waals surface area contributed by atoms with Crippen LogP contribution in [0, 0.1) is 5.92 Å². The summed E-state index contributed by atoms with van der Waals surface area (Å²) in [7, 11) is 0. The fourth-order valence-corrected chi connectivity index (χ4v) is 6.60. The molecule has 6 aromatic rings. The van der Waals surface area contributed by atoms with Crippen LogP contribution in [0.25, 0.3) is 55.2 Å². The van der Waals surface area contributed by atoms with E-state index in [1.807, 2.05) is 42.5 Å². The number of aromatic amines is 2. The van der Waals surface area contributed by atoms with Gasteiger partial charge in [0, 0.05) is 33.5 Å². The summed E-state index contributed by atoms with van der Waals surface area (Å²) in [6, 6.07) is 13.8. The molecule has 9 nitrogen and oxygen atoms in total. The Balaban J connectivity index is 1.22. The number of ketones is 1. The first-order valence-corrected chi connectivity index (χ1v) is 14.7. The number of aromatic nitrogens is 6. The van der Waals surface area contributed by atoms with Crippen LogP contribution < -0.4 is 5.32 Å². The average Bonchev–Trinajstić information content (AvgIpc) is 3.75. The van der Waals surface area contributed by atoms with Crippen molar-refractivity contribution in [3.05, 3.63) is 65.9 Å². The Labute approximate surface area is 240 Å². The molecule has 0 amide bonds. The van der Waals surface area contributed by atoms with Crippen molar-refractivity contribution in [3.63, 3.8) is 0 Å². The largest absolute Gasteiger partial charge is 0.374 e. The molecule has 0 radical (unpaired) electrons. The fourth-order valence-electron chi connectivity index (χ4n) is 5.67. The van der Waals surface area contributed by atoms with E-state index in [9.17, 15) is 9.90 Å². The van der Waals surface area contributed by atoms with Gasteiger partial charge in [-0.2, -0.15) is 5.10 Å². The summed E-state index contributed by atoms with van der Waals surface area (Å²) >= 11 is 1.47. The second kappa shape index (κ2) is 10.5. The summed E-state index contributed by atoms with van der Waals surface area (Å²) in [6.45, 7) is 1.58. The third kappa shape index (κ3) is 4.89. The van der Waals surface area contributed by atoms with Crippen molar-refractivity contribution in [2.24, 2.45) is 5.92 Å². The Morgan fingerprint density at radius 3 is 2.78 bits per heavy atom. The molecule has 5 heterocycles. The van der Waals surface area contributed by atoms with Gasteiger partial charge in [-0.25, -0.2) is 4.98 Å². The Bertz CT molecular complexity index is 1880. The average molecular weight is 564 g/mol. The minimum absolute atomic E-state index is 0.0560. The maximum absolute atomic E-state index is 11.9. The lowest BCUT2D eigenvalue weighted by atomic mass is 9.88. The van der Waals surface area contributed by atoms with Gasteiger partial charge in [-0.05, 0) is 50.1 Å². The molecule has 7 rings (SSSR count). The van der Waals surface area contributed by atoms with Gasteiger partial charge in [0.2, 0.25) is 0 Å². The van der Waals surface area contributed by atoms with Crippen molar-refractivity contribution < 1.29 is 9.90 Å². The number of pyridine rings is 2. The third-order valence-corrected chi connectivity index (χ3v) is 9.07. The summed E-state index contributed by atoms with van der Waals surface area (Å²) < 4.78 is 0. The van der Waals surface area contributed by atoms with Crippen molar-refractivity contribution in [2.45, 2.75) is 45.3 Å². The standard InChI is InChI=1S/C31H29N7O2S/c1-17(39)26-10-11-27(41-26)21-8-5-9-23-28(21)36-30(35-23)29-22-13-24(33-16-25(22)37-38-29)19-12-20(15-32-14-19)34-31(40)18-6-3-2-4-7-18/h5,8-16,18,31,34,40H,2-4,6-7H2,1H3,(H,35,36)(H,37,38). The van der Waals surface area contributed by atoms with Gasteiger partial charge >= 0.3 is 0 Å². The summed E-state index contributed by atoms with van der Waals surface area (Å²) in [5.74, 6) is 0.958. The molecule has 0 saturated heterocycles. The fraction of sp³-hybridized carbons (Fsp3) is 0.258. The summed E-state index contributed by atoms with van der Waals surface area (Å²) in [6.07, 6.45) is 10.3.